The van der Waals surface area contributed by atoms with Crippen molar-refractivity contribution in [3.63, 3.8) is 0 Å². The predicted octanol–water partition coefficient (Wildman–Crippen LogP) is 3.41. The van der Waals surface area contributed by atoms with Crippen LogP contribution < -0.4 is 4.72 Å². The summed E-state index contributed by atoms with van der Waals surface area (Å²) < 4.78 is 40.0. The fourth-order valence-electron chi connectivity index (χ4n) is 2.38. The summed E-state index contributed by atoms with van der Waals surface area (Å²) in [4.78, 5) is 11.5. The normalized spacial score (nSPS) is 14.0. The third kappa shape index (κ3) is 2.71. The van der Waals surface area contributed by atoms with E-state index in [1.807, 2.05) is 0 Å². The molecule has 114 valence electrons. The van der Waals surface area contributed by atoms with E-state index in [2.05, 4.69) is 4.72 Å². The smallest absolute Gasteiger partial charge is 0.262 e. The second-order valence-corrected chi connectivity index (χ2v) is 7.06. The first-order valence-electron chi connectivity index (χ1n) is 6.51. The molecule has 0 aromatic heterocycles. The monoisotopic (exact) mass is 339 g/mol. The van der Waals surface area contributed by atoms with Crippen molar-refractivity contribution in [2.24, 2.45) is 0 Å². The quantitative estimate of drug-likeness (QED) is 0.932. The number of carbonyl (C=O) groups is 1. The molecule has 0 atom stereocenters. The molecule has 0 heterocycles. The molecule has 4 nitrogen and oxygen atoms in total. The number of anilines is 1. The van der Waals surface area contributed by atoms with Crippen LogP contribution in [-0.2, 0) is 16.4 Å². The zero-order chi connectivity index (χ0) is 15.9. The summed E-state index contributed by atoms with van der Waals surface area (Å²) in [5.41, 5.74) is 1.39. The summed E-state index contributed by atoms with van der Waals surface area (Å²) in [6, 6.07) is 7.67. The minimum Gasteiger partial charge on any atom is -0.294 e. The first-order valence-corrected chi connectivity index (χ1v) is 8.37. The molecule has 0 radical (unpaired) electrons. The van der Waals surface area contributed by atoms with Crippen molar-refractivity contribution in [2.75, 3.05) is 4.72 Å². The first-order chi connectivity index (χ1) is 10.4. The van der Waals surface area contributed by atoms with E-state index in [1.54, 1.807) is 6.07 Å². The molecular formula is C15H11ClFNO3S. The van der Waals surface area contributed by atoms with Crippen molar-refractivity contribution < 1.29 is 17.6 Å². The highest BCUT2D eigenvalue weighted by molar-refractivity contribution is 7.92. The molecule has 1 aliphatic rings. The molecule has 1 aliphatic carbocycles. The summed E-state index contributed by atoms with van der Waals surface area (Å²) in [7, 11) is -3.98. The van der Waals surface area contributed by atoms with Crippen LogP contribution in [0.15, 0.2) is 41.3 Å². The molecule has 0 bridgehead atoms. The number of fused-ring (bicyclic) bond motifs is 1. The number of rotatable bonds is 3. The lowest BCUT2D eigenvalue weighted by molar-refractivity contribution is 0.0994. The third-order valence-corrected chi connectivity index (χ3v) is 5.14. The molecule has 0 unspecified atom stereocenters. The van der Waals surface area contributed by atoms with Gasteiger partial charge in [-0.25, -0.2) is 12.8 Å². The average Bonchev–Trinajstić information content (AvgIpc) is 2.80. The standard InChI is InChI=1S/C15H11ClFNO3S/c16-13-6-9-4-5-15(19)12(9)8-14(13)18-22(20,21)11-3-1-2-10(17)7-11/h1-3,6-8,18H,4-5H2. The van der Waals surface area contributed by atoms with E-state index in [-0.39, 0.29) is 21.4 Å². The van der Waals surface area contributed by atoms with Crippen molar-refractivity contribution in [3.8, 4) is 0 Å². The molecule has 3 rings (SSSR count). The van der Waals surface area contributed by atoms with E-state index in [0.717, 1.165) is 17.7 Å². The lowest BCUT2D eigenvalue weighted by Gasteiger charge is -2.11. The SMILES string of the molecule is O=C1CCc2cc(Cl)c(NS(=O)(=O)c3cccc(F)c3)cc21. The van der Waals surface area contributed by atoms with Crippen LogP contribution in [0.3, 0.4) is 0 Å². The predicted molar refractivity (Wildman–Crippen MR) is 81.3 cm³/mol. The Morgan fingerprint density at radius 3 is 2.64 bits per heavy atom. The fraction of sp³-hybridized carbons (Fsp3) is 0.133. The van der Waals surface area contributed by atoms with Gasteiger partial charge in [-0.05, 0) is 42.3 Å². The molecule has 1 N–H and O–H groups in total. The number of halogens is 2. The molecule has 22 heavy (non-hydrogen) atoms. The van der Waals surface area contributed by atoms with Crippen LogP contribution in [0.5, 0.6) is 0 Å². The van der Waals surface area contributed by atoms with E-state index < -0.39 is 15.8 Å². The van der Waals surface area contributed by atoms with E-state index in [9.17, 15) is 17.6 Å². The number of hydrogen-bond acceptors (Lipinski definition) is 3. The van der Waals surface area contributed by atoms with Crippen molar-refractivity contribution in [1.29, 1.82) is 0 Å². The summed E-state index contributed by atoms with van der Waals surface area (Å²) in [5.74, 6) is -0.698. The van der Waals surface area contributed by atoms with Gasteiger partial charge in [0.1, 0.15) is 5.82 Å². The Morgan fingerprint density at radius 2 is 1.91 bits per heavy atom. The number of hydrogen-bond donors (Lipinski definition) is 1. The molecule has 0 spiro atoms. The van der Waals surface area contributed by atoms with Gasteiger partial charge in [0.05, 0.1) is 15.6 Å². The van der Waals surface area contributed by atoms with Gasteiger partial charge in [-0.1, -0.05) is 17.7 Å². The van der Waals surface area contributed by atoms with Crippen LogP contribution in [0.25, 0.3) is 0 Å². The maximum atomic E-state index is 13.2. The maximum absolute atomic E-state index is 13.2. The fourth-order valence-corrected chi connectivity index (χ4v) is 3.77. The lowest BCUT2D eigenvalue weighted by atomic mass is 10.1. The summed E-state index contributed by atoms with van der Waals surface area (Å²) in [5, 5.41) is 0.202. The molecule has 0 fully saturated rings. The van der Waals surface area contributed by atoms with Gasteiger partial charge in [-0.3, -0.25) is 9.52 Å². The second kappa shape index (κ2) is 5.37. The highest BCUT2D eigenvalue weighted by Gasteiger charge is 2.23. The number of carbonyl (C=O) groups excluding carboxylic acids is 1. The van der Waals surface area contributed by atoms with Crippen LogP contribution in [0.1, 0.15) is 22.3 Å². The summed E-state index contributed by atoms with van der Waals surface area (Å²) in [6.07, 6.45) is 0.997. The number of benzene rings is 2. The molecule has 0 amide bonds. The summed E-state index contributed by atoms with van der Waals surface area (Å²) in [6.45, 7) is 0. The van der Waals surface area contributed by atoms with Gasteiger partial charge < -0.3 is 0 Å². The van der Waals surface area contributed by atoms with Gasteiger partial charge >= 0.3 is 0 Å². The molecular weight excluding hydrogens is 329 g/mol. The van der Waals surface area contributed by atoms with Gasteiger partial charge in [0.2, 0.25) is 0 Å². The second-order valence-electron chi connectivity index (χ2n) is 4.98. The van der Waals surface area contributed by atoms with Gasteiger partial charge in [-0.15, -0.1) is 0 Å². The Bertz CT molecular complexity index is 880. The van der Waals surface area contributed by atoms with Crippen LogP contribution in [-0.4, -0.2) is 14.2 Å². The zero-order valence-electron chi connectivity index (χ0n) is 11.3. The van der Waals surface area contributed by atoms with E-state index >= 15 is 0 Å². The number of ketones is 1. The number of nitrogens with one attached hydrogen (secondary N) is 1. The Kier molecular flexibility index (Phi) is 3.66. The van der Waals surface area contributed by atoms with Crippen molar-refractivity contribution in [1.82, 2.24) is 0 Å². The molecule has 7 heteroatoms. The Labute approximate surface area is 132 Å². The maximum Gasteiger partial charge on any atom is 0.262 e. The average molecular weight is 340 g/mol. The Balaban J connectivity index is 2.00. The number of Topliss-reactive ketones (excluding diaryl/α,β-unsaturated/α-hetero) is 1. The van der Waals surface area contributed by atoms with Gasteiger partial charge in [-0.2, -0.15) is 0 Å². The molecule has 2 aromatic rings. The summed E-state index contributed by atoms with van der Waals surface area (Å²) >= 11 is 6.07. The highest BCUT2D eigenvalue weighted by atomic mass is 35.5. The van der Waals surface area contributed by atoms with E-state index in [1.165, 1.54) is 18.2 Å². The lowest BCUT2D eigenvalue weighted by Crippen LogP contribution is -2.14. The zero-order valence-corrected chi connectivity index (χ0v) is 12.8. The minimum absolute atomic E-state index is 0.0436. The van der Waals surface area contributed by atoms with Gasteiger partial charge in [0, 0.05) is 12.0 Å². The minimum atomic E-state index is -3.98. The molecule has 2 aromatic carbocycles. The molecule has 0 saturated carbocycles. The van der Waals surface area contributed by atoms with E-state index in [0.29, 0.717) is 18.4 Å². The van der Waals surface area contributed by atoms with Crippen LogP contribution in [0, 0.1) is 5.82 Å². The number of sulfonamides is 1. The highest BCUT2D eigenvalue weighted by Crippen LogP contribution is 2.32. The van der Waals surface area contributed by atoms with Crippen LogP contribution in [0.4, 0.5) is 10.1 Å². The van der Waals surface area contributed by atoms with Crippen molar-refractivity contribution in [3.05, 3.63) is 58.4 Å². The number of aryl methyl sites for hydroxylation is 1. The molecule has 0 saturated heterocycles. The molecule has 0 aliphatic heterocycles. The third-order valence-electron chi connectivity index (χ3n) is 3.47. The van der Waals surface area contributed by atoms with Crippen LogP contribution >= 0.6 is 11.6 Å². The largest absolute Gasteiger partial charge is 0.294 e. The Morgan fingerprint density at radius 1 is 1.14 bits per heavy atom. The van der Waals surface area contributed by atoms with Gasteiger partial charge in [0.25, 0.3) is 10.0 Å². The van der Waals surface area contributed by atoms with Crippen molar-refractivity contribution in [2.45, 2.75) is 17.7 Å². The first kappa shape index (κ1) is 15.0. The Hall–Kier alpha value is -1.92. The topological polar surface area (TPSA) is 63.2 Å². The van der Waals surface area contributed by atoms with Crippen LogP contribution in [0.2, 0.25) is 5.02 Å². The van der Waals surface area contributed by atoms with Crippen molar-refractivity contribution >= 4 is 33.1 Å². The van der Waals surface area contributed by atoms with E-state index in [4.69, 9.17) is 11.6 Å². The van der Waals surface area contributed by atoms with Gasteiger partial charge in [0.15, 0.2) is 5.78 Å².